The van der Waals surface area contributed by atoms with Crippen LogP contribution < -0.4 is 10.1 Å². The second-order valence-corrected chi connectivity index (χ2v) is 5.31. The molecule has 1 N–H and O–H groups in total. The van der Waals surface area contributed by atoms with Crippen molar-refractivity contribution in [2.45, 2.75) is 33.2 Å². The molecule has 0 spiro atoms. The maximum atomic E-state index is 5.61. The van der Waals surface area contributed by atoms with Crippen LogP contribution in [0.1, 0.15) is 36.6 Å². The molecule has 2 aromatic carbocycles. The number of likely N-dealkylation sites (N-methyl/N-ethyl adjacent to an activating group) is 1. The average molecular weight is 283 g/mol. The molecule has 0 heterocycles. The van der Waals surface area contributed by atoms with Gasteiger partial charge in [-0.05, 0) is 50.1 Å². The predicted molar refractivity (Wildman–Crippen MR) is 88.9 cm³/mol. The minimum Gasteiger partial charge on any atom is -0.494 e. The lowest BCUT2D eigenvalue weighted by molar-refractivity contribution is 0.339. The number of aryl methyl sites for hydroxylation is 1. The van der Waals surface area contributed by atoms with E-state index in [2.05, 4.69) is 61.6 Å². The molecule has 0 saturated carbocycles. The summed E-state index contributed by atoms with van der Waals surface area (Å²) >= 11 is 0. The fourth-order valence-electron chi connectivity index (χ4n) is 2.50. The average Bonchev–Trinajstić information content (AvgIpc) is 2.50. The van der Waals surface area contributed by atoms with Crippen LogP contribution in [0.4, 0.5) is 0 Å². The highest BCUT2D eigenvalue weighted by atomic mass is 16.5. The van der Waals surface area contributed by atoms with Crippen molar-refractivity contribution < 1.29 is 4.74 Å². The van der Waals surface area contributed by atoms with Gasteiger partial charge in [-0.15, -0.1) is 0 Å². The first-order valence-electron chi connectivity index (χ1n) is 7.74. The van der Waals surface area contributed by atoms with Gasteiger partial charge in [0.05, 0.1) is 6.61 Å². The fourth-order valence-corrected chi connectivity index (χ4v) is 2.50. The van der Waals surface area contributed by atoms with E-state index in [9.17, 15) is 0 Å². The lowest BCUT2D eigenvalue weighted by Gasteiger charge is -2.19. The first-order chi connectivity index (χ1) is 10.2. The van der Waals surface area contributed by atoms with Gasteiger partial charge < -0.3 is 10.1 Å². The van der Waals surface area contributed by atoms with E-state index in [1.54, 1.807) is 0 Å². The van der Waals surface area contributed by atoms with Crippen molar-refractivity contribution >= 4 is 0 Å². The molecule has 2 heteroatoms. The van der Waals surface area contributed by atoms with E-state index in [1.807, 2.05) is 13.0 Å². The molecular formula is C19H25NO. The van der Waals surface area contributed by atoms with Gasteiger partial charge in [-0.1, -0.05) is 48.9 Å². The smallest absolute Gasteiger partial charge is 0.119 e. The molecule has 0 saturated heterocycles. The first kappa shape index (κ1) is 15.6. The maximum Gasteiger partial charge on any atom is 0.119 e. The third-order valence-corrected chi connectivity index (χ3v) is 3.58. The van der Waals surface area contributed by atoms with E-state index in [0.29, 0.717) is 12.6 Å². The normalized spacial score (nSPS) is 12.1. The number of ether oxygens (including phenoxy) is 1. The molecule has 0 aliphatic heterocycles. The third-order valence-electron chi connectivity index (χ3n) is 3.58. The number of hydrogen-bond acceptors (Lipinski definition) is 2. The van der Waals surface area contributed by atoms with E-state index in [0.717, 1.165) is 18.7 Å². The van der Waals surface area contributed by atoms with E-state index < -0.39 is 0 Å². The zero-order chi connectivity index (χ0) is 15.1. The summed E-state index contributed by atoms with van der Waals surface area (Å²) < 4.78 is 5.61. The van der Waals surface area contributed by atoms with Crippen LogP contribution in [0.5, 0.6) is 5.75 Å². The molecule has 0 radical (unpaired) electrons. The molecule has 0 amide bonds. The molecule has 0 aromatic heterocycles. The minimum atomic E-state index is 0.318. The quantitative estimate of drug-likeness (QED) is 0.818. The molecular weight excluding hydrogens is 258 g/mol. The number of rotatable bonds is 7. The highest BCUT2D eigenvalue weighted by Crippen LogP contribution is 2.23. The Morgan fingerprint density at radius 2 is 1.81 bits per heavy atom. The summed E-state index contributed by atoms with van der Waals surface area (Å²) in [6.45, 7) is 7.94. The minimum absolute atomic E-state index is 0.318. The van der Waals surface area contributed by atoms with Crippen LogP contribution in [0.15, 0.2) is 48.5 Å². The van der Waals surface area contributed by atoms with Gasteiger partial charge in [-0.3, -0.25) is 0 Å². The molecule has 0 fully saturated rings. The largest absolute Gasteiger partial charge is 0.494 e. The second kappa shape index (κ2) is 7.84. The van der Waals surface area contributed by atoms with Gasteiger partial charge >= 0.3 is 0 Å². The molecule has 1 unspecified atom stereocenters. The Hall–Kier alpha value is -1.80. The summed E-state index contributed by atoms with van der Waals surface area (Å²) in [5.74, 6) is 0.946. The van der Waals surface area contributed by atoms with Crippen LogP contribution in [0, 0.1) is 6.92 Å². The zero-order valence-corrected chi connectivity index (χ0v) is 13.2. The van der Waals surface area contributed by atoms with Gasteiger partial charge in [0.15, 0.2) is 0 Å². The summed E-state index contributed by atoms with van der Waals surface area (Å²) in [6.07, 6.45) is 0.990. The Balaban J connectivity index is 2.17. The fraction of sp³-hybridized carbons (Fsp3) is 0.368. The van der Waals surface area contributed by atoms with Crippen molar-refractivity contribution in [3.05, 3.63) is 65.2 Å². The van der Waals surface area contributed by atoms with Crippen LogP contribution in [0.25, 0.3) is 0 Å². The third kappa shape index (κ3) is 4.61. The molecule has 2 aromatic rings. The van der Waals surface area contributed by atoms with Crippen molar-refractivity contribution in [3.8, 4) is 5.75 Å². The highest BCUT2D eigenvalue weighted by molar-refractivity contribution is 5.32. The lowest BCUT2D eigenvalue weighted by atomic mass is 9.98. The standard InChI is InChI=1S/C19H25NO/c1-4-20-19(13-16-11-9-15(3)10-12-16)17-7-6-8-18(14-17)21-5-2/h6-12,14,19-20H,4-5,13H2,1-3H3. The lowest BCUT2D eigenvalue weighted by Crippen LogP contribution is -2.23. The van der Waals surface area contributed by atoms with Crippen molar-refractivity contribution in [2.24, 2.45) is 0 Å². The van der Waals surface area contributed by atoms with Gasteiger partial charge in [-0.2, -0.15) is 0 Å². The van der Waals surface area contributed by atoms with E-state index >= 15 is 0 Å². The number of benzene rings is 2. The van der Waals surface area contributed by atoms with Crippen LogP contribution in [-0.4, -0.2) is 13.2 Å². The van der Waals surface area contributed by atoms with E-state index in [4.69, 9.17) is 4.74 Å². The highest BCUT2D eigenvalue weighted by Gasteiger charge is 2.12. The van der Waals surface area contributed by atoms with Gasteiger partial charge in [0.2, 0.25) is 0 Å². The van der Waals surface area contributed by atoms with Crippen molar-refractivity contribution in [3.63, 3.8) is 0 Å². The summed E-state index contributed by atoms with van der Waals surface area (Å²) in [5, 5.41) is 3.58. The summed E-state index contributed by atoms with van der Waals surface area (Å²) in [4.78, 5) is 0. The summed E-state index contributed by atoms with van der Waals surface area (Å²) in [6, 6.07) is 17.5. The van der Waals surface area contributed by atoms with Gasteiger partial charge in [-0.25, -0.2) is 0 Å². The van der Waals surface area contributed by atoms with Crippen LogP contribution in [0.3, 0.4) is 0 Å². The van der Waals surface area contributed by atoms with Crippen molar-refractivity contribution in [2.75, 3.05) is 13.2 Å². The van der Waals surface area contributed by atoms with E-state index in [-0.39, 0.29) is 0 Å². The molecule has 0 aliphatic rings. The Bertz CT molecular complexity index is 548. The van der Waals surface area contributed by atoms with Crippen molar-refractivity contribution in [1.82, 2.24) is 5.32 Å². The number of hydrogen-bond donors (Lipinski definition) is 1. The predicted octanol–water partition coefficient (Wildman–Crippen LogP) is 4.29. The topological polar surface area (TPSA) is 21.3 Å². The number of nitrogens with one attached hydrogen (secondary N) is 1. The molecule has 112 valence electrons. The molecule has 0 aliphatic carbocycles. The van der Waals surface area contributed by atoms with Gasteiger partial charge in [0.1, 0.15) is 5.75 Å². The van der Waals surface area contributed by atoms with Crippen molar-refractivity contribution in [1.29, 1.82) is 0 Å². The molecule has 21 heavy (non-hydrogen) atoms. The molecule has 1 atom stereocenters. The van der Waals surface area contributed by atoms with Crippen LogP contribution >= 0.6 is 0 Å². The second-order valence-electron chi connectivity index (χ2n) is 5.31. The summed E-state index contributed by atoms with van der Waals surface area (Å²) in [7, 11) is 0. The van der Waals surface area contributed by atoms with Gasteiger partial charge in [0, 0.05) is 6.04 Å². The molecule has 2 nitrogen and oxygen atoms in total. The summed E-state index contributed by atoms with van der Waals surface area (Å²) in [5.41, 5.74) is 3.94. The Labute approximate surface area is 128 Å². The molecule has 2 rings (SSSR count). The molecule has 0 bridgehead atoms. The van der Waals surface area contributed by atoms with Gasteiger partial charge in [0.25, 0.3) is 0 Å². The Morgan fingerprint density at radius 3 is 2.48 bits per heavy atom. The monoisotopic (exact) mass is 283 g/mol. The van der Waals surface area contributed by atoms with Crippen LogP contribution in [0.2, 0.25) is 0 Å². The maximum absolute atomic E-state index is 5.61. The zero-order valence-electron chi connectivity index (χ0n) is 13.2. The Morgan fingerprint density at radius 1 is 1.05 bits per heavy atom. The van der Waals surface area contributed by atoms with Crippen LogP contribution in [-0.2, 0) is 6.42 Å². The SMILES string of the molecule is CCNC(Cc1ccc(C)cc1)c1cccc(OCC)c1. The Kier molecular flexibility index (Phi) is 5.82. The first-order valence-corrected chi connectivity index (χ1v) is 7.74. The van der Waals surface area contributed by atoms with E-state index in [1.165, 1.54) is 16.7 Å².